The van der Waals surface area contributed by atoms with Crippen molar-refractivity contribution < 1.29 is 22.8 Å². The first-order valence-electron chi connectivity index (χ1n) is 10.0. The van der Waals surface area contributed by atoms with Crippen molar-refractivity contribution in [2.75, 3.05) is 32.8 Å². The molecule has 1 aromatic heterocycles. The first-order chi connectivity index (χ1) is 14.3. The van der Waals surface area contributed by atoms with Crippen LogP contribution in [0, 0.1) is 13.8 Å². The Balaban J connectivity index is 1.72. The van der Waals surface area contributed by atoms with Crippen LogP contribution in [0.4, 0.5) is 0 Å². The summed E-state index contributed by atoms with van der Waals surface area (Å²) in [5.41, 5.74) is 1.91. The number of allylic oxidation sites excluding steroid dienone is 1. The average Bonchev–Trinajstić information content (AvgIpc) is 3.05. The number of aromatic hydroxyl groups is 1. The molecule has 2 heterocycles. The Morgan fingerprint density at radius 2 is 1.90 bits per heavy atom. The van der Waals surface area contributed by atoms with Crippen LogP contribution in [-0.4, -0.2) is 60.7 Å². The highest BCUT2D eigenvalue weighted by atomic mass is 32.2. The molecule has 8 nitrogen and oxygen atoms in total. The van der Waals surface area contributed by atoms with Gasteiger partial charge in [0.15, 0.2) is 5.76 Å². The van der Waals surface area contributed by atoms with Gasteiger partial charge < -0.3 is 14.4 Å². The Labute approximate surface area is 177 Å². The molecule has 0 saturated carbocycles. The van der Waals surface area contributed by atoms with Crippen LogP contribution >= 0.6 is 0 Å². The van der Waals surface area contributed by atoms with E-state index in [2.05, 4.69) is 16.6 Å². The summed E-state index contributed by atoms with van der Waals surface area (Å²) < 4.78 is 38.1. The van der Waals surface area contributed by atoms with E-state index in [1.54, 1.807) is 19.9 Å². The maximum absolute atomic E-state index is 13.0. The van der Waals surface area contributed by atoms with Gasteiger partial charge in [-0.15, -0.1) is 6.58 Å². The molecule has 0 atom stereocenters. The Morgan fingerprint density at radius 3 is 2.47 bits per heavy atom. The second-order valence-electron chi connectivity index (χ2n) is 7.35. The van der Waals surface area contributed by atoms with Gasteiger partial charge in [-0.2, -0.15) is 4.31 Å². The van der Waals surface area contributed by atoms with Gasteiger partial charge in [-0.1, -0.05) is 11.2 Å². The lowest BCUT2D eigenvalue weighted by atomic mass is 10.0. The van der Waals surface area contributed by atoms with Gasteiger partial charge in [0.1, 0.15) is 22.1 Å². The van der Waals surface area contributed by atoms with Crippen LogP contribution < -0.4 is 4.74 Å². The number of hydrogen-bond acceptors (Lipinski definition) is 7. The summed E-state index contributed by atoms with van der Waals surface area (Å²) in [6.07, 6.45) is 2.29. The number of nitrogens with zero attached hydrogens (tertiary/aromatic N) is 3. The summed E-state index contributed by atoms with van der Waals surface area (Å²) in [5, 5.41) is 14.4. The van der Waals surface area contributed by atoms with Crippen LogP contribution in [0.5, 0.6) is 11.5 Å². The molecule has 1 aliphatic heterocycles. The molecule has 0 aliphatic carbocycles. The Hall–Kier alpha value is -2.36. The Bertz CT molecular complexity index is 988. The third-order valence-corrected chi connectivity index (χ3v) is 7.35. The van der Waals surface area contributed by atoms with Crippen LogP contribution in [0.15, 0.2) is 34.2 Å². The van der Waals surface area contributed by atoms with Gasteiger partial charge in [-0.25, -0.2) is 8.42 Å². The number of rotatable bonds is 8. The molecule has 1 fully saturated rings. The van der Waals surface area contributed by atoms with E-state index in [-0.39, 0.29) is 10.6 Å². The average molecular weight is 436 g/mol. The van der Waals surface area contributed by atoms with E-state index < -0.39 is 10.0 Å². The number of ether oxygens (including phenoxy) is 1. The van der Waals surface area contributed by atoms with Crippen molar-refractivity contribution in [1.82, 2.24) is 14.4 Å². The fourth-order valence-electron chi connectivity index (χ4n) is 3.75. The summed E-state index contributed by atoms with van der Waals surface area (Å²) in [6.45, 7) is 11.8. The van der Waals surface area contributed by atoms with E-state index in [0.29, 0.717) is 63.0 Å². The first kappa shape index (κ1) is 22.3. The largest absolute Gasteiger partial charge is 0.507 e. The number of phenolic OH excluding ortho intramolecular Hbond substituents is 1. The van der Waals surface area contributed by atoms with Crippen molar-refractivity contribution in [2.45, 2.75) is 38.6 Å². The molecule has 0 amide bonds. The Morgan fingerprint density at radius 1 is 1.23 bits per heavy atom. The van der Waals surface area contributed by atoms with Crippen LogP contribution in [0.1, 0.15) is 29.5 Å². The molecule has 164 valence electrons. The van der Waals surface area contributed by atoms with E-state index in [9.17, 15) is 13.5 Å². The quantitative estimate of drug-likeness (QED) is 0.637. The maximum atomic E-state index is 13.0. The standard InChI is InChI=1S/C21H29N3O5S/c1-5-7-17-12-19(28-6-2)13-18(20(17)25)14-23-8-10-24(11-9-23)30(26,27)21-15(3)22-29-16(21)4/h5,12-13,25H,1,6-11,14H2,2-4H3. The minimum atomic E-state index is -3.64. The third-order valence-electron chi connectivity index (χ3n) is 5.21. The number of aryl methyl sites for hydroxylation is 2. The molecule has 1 aromatic carbocycles. The first-order valence-corrected chi connectivity index (χ1v) is 11.5. The van der Waals surface area contributed by atoms with Crippen molar-refractivity contribution in [2.24, 2.45) is 0 Å². The van der Waals surface area contributed by atoms with E-state index in [1.807, 2.05) is 19.1 Å². The highest BCUT2D eigenvalue weighted by molar-refractivity contribution is 7.89. The van der Waals surface area contributed by atoms with Gasteiger partial charge in [0.25, 0.3) is 0 Å². The fourth-order valence-corrected chi connectivity index (χ4v) is 5.46. The number of hydrogen-bond donors (Lipinski definition) is 1. The number of benzene rings is 1. The second kappa shape index (κ2) is 9.20. The molecular formula is C21H29N3O5S. The minimum Gasteiger partial charge on any atom is -0.507 e. The van der Waals surface area contributed by atoms with Gasteiger partial charge in [0.05, 0.1) is 6.61 Å². The molecule has 0 spiro atoms. The molecule has 1 saturated heterocycles. The Kier molecular flexibility index (Phi) is 6.84. The van der Waals surface area contributed by atoms with Crippen LogP contribution in [0.2, 0.25) is 0 Å². The van der Waals surface area contributed by atoms with Gasteiger partial charge in [0, 0.05) is 43.9 Å². The van der Waals surface area contributed by atoms with Crippen LogP contribution in [0.25, 0.3) is 0 Å². The topological polar surface area (TPSA) is 96.1 Å². The monoisotopic (exact) mass is 435 g/mol. The zero-order valence-electron chi connectivity index (χ0n) is 17.7. The molecule has 0 radical (unpaired) electrons. The third kappa shape index (κ3) is 4.53. The lowest BCUT2D eigenvalue weighted by Gasteiger charge is -2.34. The molecule has 9 heteroatoms. The normalized spacial score (nSPS) is 16.0. The van der Waals surface area contributed by atoms with E-state index in [1.165, 1.54) is 4.31 Å². The summed E-state index contributed by atoms with van der Waals surface area (Å²) in [6, 6.07) is 3.68. The minimum absolute atomic E-state index is 0.159. The smallest absolute Gasteiger partial charge is 0.248 e. The molecule has 2 aromatic rings. The summed E-state index contributed by atoms with van der Waals surface area (Å²) >= 11 is 0. The molecule has 1 aliphatic rings. The molecule has 3 rings (SSSR count). The van der Waals surface area contributed by atoms with Crippen molar-refractivity contribution in [3.8, 4) is 11.5 Å². The maximum Gasteiger partial charge on any atom is 0.248 e. The number of aromatic nitrogens is 1. The van der Waals surface area contributed by atoms with Crippen molar-refractivity contribution in [1.29, 1.82) is 0 Å². The van der Waals surface area contributed by atoms with E-state index in [4.69, 9.17) is 9.26 Å². The molecular weight excluding hydrogens is 406 g/mol. The SMILES string of the molecule is C=CCc1cc(OCC)cc(CN2CCN(S(=O)(=O)c3c(C)noc3C)CC2)c1O. The van der Waals surface area contributed by atoms with Crippen molar-refractivity contribution >= 4 is 10.0 Å². The fraction of sp³-hybridized carbons (Fsp3) is 0.476. The molecule has 30 heavy (non-hydrogen) atoms. The lowest BCUT2D eigenvalue weighted by molar-refractivity contribution is 0.179. The highest BCUT2D eigenvalue weighted by Gasteiger charge is 2.33. The molecule has 1 N–H and O–H groups in total. The summed E-state index contributed by atoms with van der Waals surface area (Å²) in [4.78, 5) is 2.29. The number of sulfonamides is 1. The number of phenols is 1. The zero-order valence-corrected chi connectivity index (χ0v) is 18.5. The second-order valence-corrected chi connectivity index (χ2v) is 9.22. The predicted molar refractivity (Wildman–Crippen MR) is 113 cm³/mol. The lowest BCUT2D eigenvalue weighted by Crippen LogP contribution is -2.48. The number of piperazine rings is 1. The van der Waals surface area contributed by atoms with E-state index >= 15 is 0 Å². The van der Waals surface area contributed by atoms with Crippen LogP contribution in [0.3, 0.4) is 0 Å². The van der Waals surface area contributed by atoms with Crippen molar-refractivity contribution in [3.05, 3.63) is 47.4 Å². The molecule has 0 unspecified atom stereocenters. The van der Waals surface area contributed by atoms with Gasteiger partial charge >= 0.3 is 0 Å². The summed E-state index contributed by atoms with van der Waals surface area (Å²) in [5.74, 6) is 1.26. The van der Waals surface area contributed by atoms with Crippen molar-refractivity contribution in [3.63, 3.8) is 0 Å². The predicted octanol–water partition coefficient (Wildman–Crippen LogP) is 2.63. The van der Waals surface area contributed by atoms with Gasteiger partial charge in [-0.05, 0) is 39.3 Å². The van der Waals surface area contributed by atoms with E-state index in [0.717, 1.165) is 11.1 Å². The molecule has 0 bridgehead atoms. The van der Waals surface area contributed by atoms with Crippen LogP contribution in [-0.2, 0) is 23.0 Å². The zero-order chi connectivity index (χ0) is 21.9. The highest BCUT2D eigenvalue weighted by Crippen LogP contribution is 2.31. The van der Waals surface area contributed by atoms with Gasteiger partial charge in [-0.3, -0.25) is 4.90 Å². The van der Waals surface area contributed by atoms with Gasteiger partial charge in [0.2, 0.25) is 10.0 Å². The summed E-state index contributed by atoms with van der Waals surface area (Å²) in [7, 11) is -3.64.